The van der Waals surface area contributed by atoms with E-state index in [0.29, 0.717) is 16.1 Å². The van der Waals surface area contributed by atoms with E-state index in [1.54, 1.807) is 59.4 Å². The molecule has 5 rings (SSSR count). The maximum absolute atomic E-state index is 13.0. The third-order valence-corrected chi connectivity index (χ3v) is 6.90. The lowest BCUT2D eigenvalue weighted by molar-refractivity contribution is 0.0892. The zero-order valence-electron chi connectivity index (χ0n) is 19.2. The molecular formula is C27H25ClN4O3. The number of aromatic nitrogens is 2. The molecule has 0 aliphatic heterocycles. The number of fused-ring (bicyclic) bond motifs is 1. The number of pyridine rings is 1. The number of benzene rings is 2. The highest BCUT2D eigenvalue weighted by molar-refractivity contribution is 6.35. The first-order chi connectivity index (χ1) is 16.9. The highest BCUT2D eigenvalue weighted by atomic mass is 35.5. The summed E-state index contributed by atoms with van der Waals surface area (Å²) in [6.45, 7) is 1.87. The molecule has 2 heterocycles. The standard InChI is InChI=1S/C27H25ClN4O3/c1-16-13-17(9-11-24(16)32-12-3-2-7-25(32)33)26(34)30-21-5-4-6-22(21)31-27(35)18-8-10-19-20(28)15-29-23(19)14-18/h2-3,7-15,21-22,29H,4-6H2,1H3,(H,30,34)(H,31,35)/t21-,22+/m0/s1. The van der Waals surface area contributed by atoms with Gasteiger partial charge in [0.25, 0.3) is 17.4 Å². The Hall–Kier alpha value is -3.84. The molecule has 2 aromatic carbocycles. The van der Waals surface area contributed by atoms with Crippen molar-refractivity contribution in [1.29, 1.82) is 0 Å². The highest BCUT2D eigenvalue weighted by Crippen LogP contribution is 2.25. The number of nitrogens with zero attached hydrogens (tertiary/aromatic N) is 1. The number of amides is 2. The van der Waals surface area contributed by atoms with Crippen molar-refractivity contribution in [2.75, 3.05) is 0 Å². The molecule has 1 fully saturated rings. The van der Waals surface area contributed by atoms with Crippen molar-refractivity contribution in [1.82, 2.24) is 20.2 Å². The molecule has 0 saturated heterocycles. The molecule has 1 aliphatic rings. The monoisotopic (exact) mass is 488 g/mol. The fourth-order valence-corrected chi connectivity index (χ4v) is 4.95. The molecule has 0 unspecified atom stereocenters. The Morgan fingerprint density at radius 2 is 1.66 bits per heavy atom. The summed E-state index contributed by atoms with van der Waals surface area (Å²) in [4.78, 5) is 41.1. The van der Waals surface area contributed by atoms with Gasteiger partial charge in [0.15, 0.2) is 0 Å². The normalized spacial score (nSPS) is 17.4. The van der Waals surface area contributed by atoms with E-state index in [2.05, 4.69) is 15.6 Å². The average molecular weight is 489 g/mol. The van der Waals surface area contributed by atoms with Crippen molar-refractivity contribution in [3.8, 4) is 5.69 Å². The lowest BCUT2D eigenvalue weighted by atomic mass is 10.1. The van der Waals surface area contributed by atoms with E-state index in [4.69, 9.17) is 11.6 Å². The van der Waals surface area contributed by atoms with E-state index < -0.39 is 0 Å². The van der Waals surface area contributed by atoms with Gasteiger partial charge in [0, 0.05) is 52.6 Å². The van der Waals surface area contributed by atoms with Gasteiger partial charge in [-0.3, -0.25) is 19.0 Å². The summed E-state index contributed by atoms with van der Waals surface area (Å²) in [6.07, 6.45) is 5.90. The van der Waals surface area contributed by atoms with Crippen LogP contribution in [0.3, 0.4) is 0 Å². The van der Waals surface area contributed by atoms with Gasteiger partial charge in [-0.05, 0) is 68.1 Å². The van der Waals surface area contributed by atoms with Crippen LogP contribution in [-0.2, 0) is 0 Å². The minimum atomic E-state index is -0.200. The first-order valence-corrected chi connectivity index (χ1v) is 12.0. The number of aryl methyl sites for hydroxylation is 1. The molecule has 7 nitrogen and oxygen atoms in total. The number of aromatic amines is 1. The average Bonchev–Trinajstić information content (AvgIpc) is 3.45. The van der Waals surface area contributed by atoms with Crippen LogP contribution in [-0.4, -0.2) is 33.4 Å². The van der Waals surface area contributed by atoms with Gasteiger partial charge in [0.05, 0.1) is 10.7 Å². The number of H-pyrrole nitrogens is 1. The molecule has 2 amide bonds. The van der Waals surface area contributed by atoms with Crippen LogP contribution < -0.4 is 16.2 Å². The Morgan fingerprint density at radius 1 is 0.971 bits per heavy atom. The van der Waals surface area contributed by atoms with E-state index in [1.165, 1.54) is 6.07 Å². The molecule has 0 bridgehead atoms. The number of rotatable bonds is 5. The molecule has 1 saturated carbocycles. The maximum atomic E-state index is 13.0. The first-order valence-electron chi connectivity index (χ1n) is 11.6. The molecule has 0 radical (unpaired) electrons. The summed E-state index contributed by atoms with van der Waals surface area (Å²) in [5, 5.41) is 7.65. The van der Waals surface area contributed by atoms with Gasteiger partial charge in [0.2, 0.25) is 0 Å². The van der Waals surface area contributed by atoms with Gasteiger partial charge in [-0.25, -0.2) is 0 Å². The molecule has 35 heavy (non-hydrogen) atoms. The second-order valence-electron chi connectivity index (χ2n) is 8.90. The van der Waals surface area contributed by atoms with Crippen LogP contribution >= 0.6 is 11.6 Å². The summed E-state index contributed by atoms with van der Waals surface area (Å²) in [7, 11) is 0. The van der Waals surface area contributed by atoms with Crippen LogP contribution in [0.15, 0.2) is 71.8 Å². The van der Waals surface area contributed by atoms with Gasteiger partial charge >= 0.3 is 0 Å². The summed E-state index contributed by atoms with van der Waals surface area (Å²) in [5.74, 6) is -0.383. The van der Waals surface area contributed by atoms with Gasteiger partial charge in [-0.1, -0.05) is 23.7 Å². The predicted molar refractivity (Wildman–Crippen MR) is 136 cm³/mol. The Morgan fingerprint density at radius 3 is 2.34 bits per heavy atom. The van der Waals surface area contributed by atoms with Crippen LogP contribution in [0.2, 0.25) is 5.02 Å². The molecule has 4 aromatic rings. The lowest BCUT2D eigenvalue weighted by Gasteiger charge is -2.22. The van der Waals surface area contributed by atoms with Crippen molar-refractivity contribution >= 4 is 34.3 Å². The summed E-state index contributed by atoms with van der Waals surface area (Å²) in [5.41, 5.74) is 3.28. The number of halogens is 1. The molecule has 2 atom stereocenters. The van der Waals surface area contributed by atoms with E-state index in [0.717, 1.165) is 41.4 Å². The number of hydrogen-bond donors (Lipinski definition) is 3. The predicted octanol–water partition coefficient (Wildman–Crippen LogP) is 4.36. The SMILES string of the molecule is Cc1cc(C(=O)N[C@H]2CCC[C@H]2NC(=O)c2ccc3c(Cl)c[nH]c3c2)ccc1-n1ccccc1=O. The van der Waals surface area contributed by atoms with E-state index in [-0.39, 0.29) is 29.5 Å². The molecule has 0 spiro atoms. The minimum Gasteiger partial charge on any atom is -0.360 e. The largest absolute Gasteiger partial charge is 0.360 e. The third-order valence-electron chi connectivity index (χ3n) is 6.58. The number of hydrogen-bond acceptors (Lipinski definition) is 3. The molecule has 3 N–H and O–H groups in total. The fraction of sp³-hybridized carbons (Fsp3) is 0.222. The number of carbonyl (C=O) groups excluding carboxylic acids is 2. The quantitative estimate of drug-likeness (QED) is 0.389. The topological polar surface area (TPSA) is 96.0 Å². The van der Waals surface area contributed by atoms with E-state index >= 15 is 0 Å². The summed E-state index contributed by atoms with van der Waals surface area (Å²) in [6, 6.07) is 15.3. The summed E-state index contributed by atoms with van der Waals surface area (Å²) < 4.78 is 1.55. The Balaban J connectivity index is 1.27. The Labute approximate surface area is 207 Å². The molecule has 178 valence electrons. The molecule has 2 aromatic heterocycles. The zero-order valence-corrected chi connectivity index (χ0v) is 19.9. The fourth-order valence-electron chi connectivity index (χ4n) is 4.73. The van der Waals surface area contributed by atoms with Crippen molar-refractivity contribution < 1.29 is 9.59 Å². The van der Waals surface area contributed by atoms with Crippen LogP contribution in [0.1, 0.15) is 45.5 Å². The smallest absolute Gasteiger partial charge is 0.255 e. The minimum absolute atomic E-state index is 0.129. The van der Waals surface area contributed by atoms with Crippen molar-refractivity contribution in [2.45, 2.75) is 38.3 Å². The zero-order chi connectivity index (χ0) is 24.5. The van der Waals surface area contributed by atoms with Gasteiger partial charge in [-0.15, -0.1) is 0 Å². The van der Waals surface area contributed by atoms with Crippen LogP contribution in [0, 0.1) is 6.92 Å². The number of nitrogens with one attached hydrogen (secondary N) is 3. The Bertz CT molecular complexity index is 1490. The second kappa shape index (κ2) is 9.43. The third kappa shape index (κ3) is 4.59. The van der Waals surface area contributed by atoms with Crippen molar-refractivity contribution in [2.24, 2.45) is 0 Å². The maximum Gasteiger partial charge on any atom is 0.255 e. The van der Waals surface area contributed by atoms with Crippen LogP contribution in [0.5, 0.6) is 0 Å². The summed E-state index contributed by atoms with van der Waals surface area (Å²) >= 11 is 6.13. The van der Waals surface area contributed by atoms with Gasteiger partial charge in [-0.2, -0.15) is 0 Å². The lowest BCUT2D eigenvalue weighted by Crippen LogP contribution is -2.48. The molecule has 1 aliphatic carbocycles. The van der Waals surface area contributed by atoms with Crippen LogP contribution in [0.25, 0.3) is 16.6 Å². The second-order valence-corrected chi connectivity index (χ2v) is 9.31. The van der Waals surface area contributed by atoms with E-state index in [1.807, 2.05) is 13.0 Å². The van der Waals surface area contributed by atoms with Crippen molar-refractivity contribution in [3.05, 3.63) is 99.1 Å². The first kappa shape index (κ1) is 22.9. The molecule has 8 heteroatoms. The highest BCUT2D eigenvalue weighted by Gasteiger charge is 2.30. The number of carbonyl (C=O) groups is 2. The van der Waals surface area contributed by atoms with Gasteiger partial charge in [0.1, 0.15) is 0 Å². The van der Waals surface area contributed by atoms with Crippen LogP contribution in [0.4, 0.5) is 0 Å². The van der Waals surface area contributed by atoms with E-state index in [9.17, 15) is 14.4 Å². The Kier molecular flexibility index (Phi) is 6.17. The molecular weight excluding hydrogens is 464 g/mol. The van der Waals surface area contributed by atoms with Gasteiger partial charge < -0.3 is 15.6 Å². The van der Waals surface area contributed by atoms with Crippen molar-refractivity contribution in [3.63, 3.8) is 0 Å².